The van der Waals surface area contributed by atoms with Crippen molar-refractivity contribution in [2.24, 2.45) is 0 Å². The van der Waals surface area contributed by atoms with Crippen LogP contribution in [0.2, 0.25) is 0 Å². The molecule has 0 amide bonds. The number of hydrogen-bond donors (Lipinski definition) is 0. The average Bonchev–Trinajstić information content (AvgIpc) is 2.53. The number of nitrogens with zero attached hydrogens (tertiary/aromatic N) is 2. The minimum absolute atomic E-state index is 0.598. The standard InChI is InChI=1S/C18H25F3N2O/c1-15(12-16-4-3-5-17(13-16)18(19,20)21)14-23-8-6-22(7-9-23)10-11-24-2/h3-5,12-13H,6-11,14H2,1-2H3/b15-12+. The first-order valence-electron chi connectivity index (χ1n) is 8.16. The van der Waals surface area contributed by atoms with Crippen molar-refractivity contribution in [3.05, 3.63) is 41.0 Å². The molecule has 1 heterocycles. The summed E-state index contributed by atoms with van der Waals surface area (Å²) in [6, 6.07) is 5.47. The molecule has 0 N–H and O–H groups in total. The van der Waals surface area contributed by atoms with Gasteiger partial charge in [-0.05, 0) is 24.6 Å². The van der Waals surface area contributed by atoms with Crippen LogP contribution in [0.1, 0.15) is 18.1 Å². The third-order valence-electron chi connectivity index (χ3n) is 4.18. The lowest BCUT2D eigenvalue weighted by atomic mass is 10.1. The van der Waals surface area contributed by atoms with Crippen molar-refractivity contribution in [2.45, 2.75) is 13.1 Å². The molecule has 1 aliphatic heterocycles. The highest BCUT2D eigenvalue weighted by Crippen LogP contribution is 2.29. The van der Waals surface area contributed by atoms with Crippen molar-refractivity contribution in [1.82, 2.24) is 9.80 Å². The first-order valence-corrected chi connectivity index (χ1v) is 8.16. The number of hydrogen-bond acceptors (Lipinski definition) is 3. The lowest BCUT2D eigenvalue weighted by molar-refractivity contribution is -0.137. The molecular weight excluding hydrogens is 317 g/mol. The number of alkyl halides is 3. The molecule has 0 bridgehead atoms. The van der Waals surface area contributed by atoms with Crippen LogP contribution < -0.4 is 0 Å². The van der Waals surface area contributed by atoms with E-state index < -0.39 is 11.7 Å². The Kier molecular flexibility index (Phi) is 6.83. The van der Waals surface area contributed by atoms with Crippen LogP contribution >= 0.6 is 0 Å². The predicted molar refractivity (Wildman–Crippen MR) is 89.9 cm³/mol. The van der Waals surface area contributed by atoms with Crippen molar-refractivity contribution in [3.8, 4) is 0 Å². The van der Waals surface area contributed by atoms with Gasteiger partial charge in [-0.1, -0.05) is 23.8 Å². The van der Waals surface area contributed by atoms with Gasteiger partial charge in [0.05, 0.1) is 12.2 Å². The molecule has 1 aliphatic rings. The maximum absolute atomic E-state index is 12.8. The molecule has 1 saturated heterocycles. The van der Waals surface area contributed by atoms with Crippen molar-refractivity contribution in [2.75, 3.05) is 53.0 Å². The second-order valence-electron chi connectivity index (χ2n) is 6.22. The number of benzene rings is 1. The molecule has 24 heavy (non-hydrogen) atoms. The minimum Gasteiger partial charge on any atom is -0.383 e. The molecule has 1 aromatic carbocycles. The number of rotatable bonds is 6. The molecule has 0 unspecified atom stereocenters. The number of ether oxygens (including phenoxy) is 1. The van der Waals surface area contributed by atoms with Gasteiger partial charge in [0.1, 0.15) is 0 Å². The topological polar surface area (TPSA) is 15.7 Å². The molecule has 0 aromatic heterocycles. The van der Waals surface area contributed by atoms with Crippen LogP contribution in [-0.4, -0.2) is 62.8 Å². The van der Waals surface area contributed by atoms with Crippen LogP contribution in [0.15, 0.2) is 29.8 Å². The highest BCUT2D eigenvalue weighted by atomic mass is 19.4. The molecular formula is C18H25F3N2O. The molecule has 1 fully saturated rings. The summed E-state index contributed by atoms with van der Waals surface area (Å²) in [5.41, 5.74) is 1.07. The van der Waals surface area contributed by atoms with Crippen LogP contribution in [0.4, 0.5) is 13.2 Å². The zero-order valence-corrected chi connectivity index (χ0v) is 14.3. The molecule has 0 spiro atoms. The molecule has 2 rings (SSSR count). The normalized spacial score (nSPS) is 18.1. The molecule has 0 aliphatic carbocycles. The number of halogens is 3. The number of methoxy groups -OCH3 is 1. The zero-order valence-electron chi connectivity index (χ0n) is 14.3. The fourth-order valence-corrected chi connectivity index (χ4v) is 2.88. The average molecular weight is 342 g/mol. The van der Waals surface area contributed by atoms with Crippen LogP contribution in [0.5, 0.6) is 0 Å². The fourth-order valence-electron chi connectivity index (χ4n) is 2.88. The van der Waals surface area contributed by atoms with Gasteiger partial charge >= 0.3 is 6.18 Å². The Morgan fingerprint density at radius 2 is 1.83 bits per heavy atom. The fraction of sp³-hybridized carbons (Fsp3) is 0.556. The molecule has 0 radical (unpaired) electrons. The van der Waals surface area contributed by atoms with E-state index in [9.17, 15) is 13.2 Å². The zero-order chi connectivity index (χ0) is 17.6. The van der Waals surface area contributed by atoms with Crippen molar-refractivity contribution >= 4 is 6.08 Å². The van der Waals surface area contributed by atoms with Crippen LogP contribution in [0.3, 0.4) is 0 Å². The largest absolute Gasteiger partial charge is 0.416 e. The molecule has 1 aromatic rings. The van der Waals surface area contributed by atoms with Gasteiger partial charge in [-0.15, -0.1) is 0 Å². The van der Waals surface area contributed by atoms with Crippen LogP contribution in [-0.2, 0) is 10.9 Å². The summed E-state index contributed by atoms with van der Waals surface area (Å²) in [5, 5.41) is 0. The molecule has 0 saturated carbocycles. The summed E-state index contributed by atoms with van der Waals surface area (Å²) in [6.07, 6.45) is -2.46. The van der Waals surface area contributed by atoms with E-state index in [0.717, 1.165) is 57.5 Å². The van der Waals surface area contributed by atoms with E-state index in [1.807, 2.05) is 13.0 Å². The van der Waals surface area contributed by atoms with Crippen LogP contribution in [0.25, 0.3) is 6.08 Å². The van der Waals surface area contributed by atoms with E-state index in [1.54, 1.807) is 13.2 Å². The van der Waals surface area contributed by atoms with Crippen molar-refractivity contribution in [1.29, 1.82) is 0 Å². The van der Waals surface area contributed by atoms with Crippen molar-refractivity contribution < 1.29 is 17.9 Å². The third-order valence-corrected chi connectivity index (χ3v) is 4.18. The highest BCUT2D eigenvalue weighted by molar-refractivity contribution is 5.54. The first-order chi connectivity index (χ1) is 11.4. The van der Waals surface area contributed by atoms with Gasteiger partial charge in [0, 0.05) is 46.4 Å². The summed E-state index contributed by atoms with van der Waals surface area (Å²) >= 11 is 0. The molecule has 0 atom stereocenters. The first kappa shape index (κ1) is 19.0. The lowest BCUT2D eigenvalue weighted by Crippen LogP contribution is -2.47. The van der Waals surface area contributed by atoms with E-state index in [0.29, 0.717) is 5.56 Å². The Hall–Kier alpha value is -1.37. The summed E-state index contributed by atoms with van der Waals surface area (Å²) in [7, 11) is 1.71. The summed E-state index contributed by atoms with van der Waals surface area (Å²) in [6.45, 7) is 8.39. The minimum atomic E-state index is -4.30. The van der Waals surface area contributed by atoms with Gasteiger partial charge in [-0.3, -0.25) is 9.80 Å². The van der Waals surface area contributed by atoms with E-state index in [4.69, 9.17) is 4.74 Å². The Morgan fingerprint density at radius 3 is 2.46 bits per heavy atom. The lowest BCUT2D eigenvalue weighted by Gasteiger charge is -2.34. The maximum Gasteiger partial charge on any atom is 0.416 e. The predicted octanol–water partition coefficient (Wildman–Crippen LogP) is 3.37. The van der Waals surface area contributed by atoms with Gasteiger partial charge in [0.15, 0.2) is 0 Å². The second-order valence-corrected chi connectivity index (χ2v) is 6.22. The third kappa shape index (κ3) is 5.92. The van der Waals surface area contributed by atoms with Crippen molar-refractivity contribution in [3.63, 3.8) is 0 Å². The van der Waals surface area contributed by atoms with Gasteiger partial charge in [-0.2, -0.15) is 13.2 Å². The number of piperazine rings is 1. The quantitative estimate of drug-likeness (QED) is 0.788. The maximum atomic E-state index is 12.8. The Morgan fingerprint density at radius 1 is 1.17 bits per heavy atom. The molecule has 6 heteroatoms. The van der Waals surface area contributed by atoms with Crippen LogP contribution in [0, 0.1) is 0 Å². The SMILES string of the molecule is COCCN1CCN(C/C(C)=C/c2cccc(C(F)(F)F)c2)CC1. The second kappa shape index (κ2) is 8.65. The van der Waals surface area contributed by atoms with Gasteiger partial charge in [0.2, 0.25) is 0 Å². The van der Waals surface area contributed by atoms with Gasteiger partial charge < -0.3 is 4.74 Å². The van der Waals surface area contributed by atoms with E-state index >= 15 is 0 Å². The molecule has 134 valence electrons. The monoisotopic (exact) mass is 342 g/mol. The Bertz CT molecular complexity index is 549. The Balaban J connectivity index is 1.89. The highest BCUT2D eigenvalue weighted by Gasteiger charge is 2.30. The van der Waals surface area contributed by atoms with E-state index in [-0.39, 0.29) is 0 Å². The van der Waals surface area contributed by atoms with E-state index in [1.165, 1.54) is 12.1 Å². The molecule has 3 nitrogen and oxygen atoms in total. The summed E-state index contributed by atoms with van der Waals surface area (Å²) in [4.78, 5) is 4.70. The van der Waals surface area contributed by atoms with Gasteiger partial charge in [-0.25, -0.2) is 0 Å². The summed E-state index contributed by atoms with van der Waals surface area (Å²) < 4.78 is 43.4. The Labute approximate surface area is 141 Å². The van der Waals surface area contributed by atoms with E-state index in [2.05, 4.69) is 9.80 Å². The smallest absolute Gasteiger partial charge is 0.383 e. The summed E-state index contributed by atoms with van der Waals surface area (Å²) in [5.74, 6) is 0. The van der Waals surface area contributed by atoms with Gasteiger partial charge in [0.25, 0.3) is 0 Å².